The number of benzene rings is 1. The number of carbonyl (C=O) groups is 2. The minimum atomic E-state index is -0.419. The molecule has 6 heteroatoms. The predicted octanol–water partition coefficient (Wildman–Crippen LogP) is 1.96. The zero-order valence-corrected chi connectivity index (χ0v) is 15.2. The molecule has 0 saturated carbocycles. The number of aromatic nitrogens is 2. The molecule has 2 aromatic rings. The number of hydrogen-bond acceptors (Lipinski definition) is 4. The van der Waals surface area contributed by atoms with E-state index in [0.717, 1.165) is 22.5 Å². The maximum Gasteiger partial charge on any atom is 0.310 e. The van der Waals surface area contributed by atoms with Gasteiger partial charge in [-0.3, -0.25) is 14.3 Å². The van der Waals surface area contributed by atoms with E-state index in [0.29, 0.717) is 6.42 Å². The van der Waals surface area contributed by atoms with E-state index in [2.05, 4.69) is 10.4 Å². The molecular formula is C19H25N3O3. The van der Waals surface area contributed by atoms with Crippen LogP contribution in [0.1, 0.15) is 22.5 Å². The number of ether oxygens (including phenoxy) is 1. The average molecular weight is 343 g/mol. The van der Waals surface area contributed by atoms with E-state index >= 15 is 0 Å². The second kappa shape index (κ2) is 8.46. The fourth-order valence-corrected chi connectivity index (χ4v) is 2.68. The lowest BCUT2D eigenvalue weighted by Crippen LogP contribution is -2.36. The van der Waals surface area contributed by atoms with Crippen LogP contribution in [0.5, 0.6) is 0 Å². The van der Waals surface area contributed by atoms with Crippen LogP contribution in [0.15, 0.2) is 30.3 Å². The van der Waals surface area contributed by atoms with Gasteiger partial charge >= 0.3 is 5.97 Å². The quantitative estimate of drug-likeness (QED) is 0.780. The largest absolute Gasteiger partial charge is 0.469 e. The second-order valence-electron chi connectivity index (χ2n) is 6.30. The molecule has 0 spiro atoms. The molecule has 1 amide bonds. The van der Waals surface area contributed by atoms with Crippen molar-refractivity contribution in [3.8, 4) is 0 Å². The molecule has 1 atom stereocenters. The summed E-state index contributed by atoms with van der Waals surface area (Å²) in [6.45, 7) is 6.18. The molecule has 1 aromatic carbocycles. The Morgan fingerprint density at radius 3 is 2.44 bits per heavy atom. The highest BCUT2D eigenvalue weighted by molar-refractivity contribution is 5.77. The number of amides is 1. The third-order valence-corrected chi connectivity index (χ3v) is 4.08. The van der Waals surface area contributed by atoms with Crippen molar-refractivity contribution < 1.29 is 14.3 Å². The van der Waals surface area contributed by atoms with E-state index in [1.54, 1.807) is 4.68 Å². The fraction of sp³-hybridized carbons (Fsp3) is 0.421. The zero-order chi connectivity index (χ0) is 18.4. The van der Waals surface area contributed by atoms with Crippen molar-refractivity contribution in [2.24, 2.45) is 5.92 Å². The standard InChI is InChI=1S/C19H25N3O3/c1-13-5-7-16(8-6-13)10-17(19(24)25-4)11-20-18(23)12-22-15(3)9-14(2)21-22/h5-9,17H,10-12H2,1-4H3,(H,20,23). The van der Waals surface area contributed by atoms with E-state index in [4.69, 9.17) is 4.74 Å². The molecule has 134 valence electrons. The van der Waals surface area contributed by atoms with Crippen molar-refractivity contribution in [1.29, 1.82) is 0 Å². The van der Waals surface area contributed by atoms with Gasteiger partial charge in [-0.2, -0.15) is 5.10 Å². The van der Waals surface area contributed by atoms with Crippen molar-refractivity contribution in [1.82, 2.24) is 15.1 Å². The Labute approximate surface area is 148 Å². The number of aryl methyl sites for hydroxylation is 3. The van der Waals surface area contributed by atoms with Crippen LogP contribution in [0, 0.1) is 26.7 Å². The number of hydrogen-bond donors (Lipinski definition) is 1. The maximum atomic E-state index is 12.2. The summed E-state index contributed by atoms with van der Waals surface area (Å²) in [7, 11) is 1.36. The number of carbonyl (C=O) groups excluding carboxylic acids is 2. The fourth-order valence-electron chi connectivity index (χ4n) is 2.68. The molecule has 0 aliphatic carbocycles. The van der Waals surface area contributed by atoms with Crippen LogP contribution >= 0.6 is 0 Å². The number of nitrogens with zero attached hydrogens (tertiary/aromatic N) is 2. The third kappa shape index (κ3) is 5.45. The average Bonchev–Trinajstić information content (AvgIpc) is 2.89. The molecule has 0 radical (unpaired) electrons. The van der Waals surface area contributed by atoms with Gasteiger partial charge in [-0.25, -0.2) is 0 Å². The minimum absolute atomic E-state index is 0.137. The van der Waals surface area contributed by atoms with Gasteiger partial charge in [-0.1, -0.05) is 29.8 Å². The molecule has 0 aliphatic rings. The Bertz CT molecular complexity index is 735. The number of methoxy groups -OCH3 is 1. The van der Waals surface area contributed by atoms with Crippen LogP contribution in [0.2, 0.25) is 0 Å². The van der Waals surface area contributed by atoms with Crippen molar-refractivity contribution >= 4 is 11.9 Å². The molecule has 6 nitrogen and oxygen atoms in total. The summed E-state index contributed by atoms with van der Waals surface area (Å²) in [6.07, 6.45) is 0.521. The predicted molar refractivity (Wildman–Crippen MR) is 95.1 cm³/mol. The normalized spacial score (nSPS) is 11.8. The van der Waals surface area contributed by atoms with Crippen molar-refractivity contribution in [2.45, 2.75) is 33.7 Å². The van der Waals surface area contributed by atoms with Crippen LogP contribution in [0.25, 0.3) is 0 Å². The van der Waals surface area contributed by atoms with Gasteiger partial charge in [0, 0.05) is 12.2 Å². The molecular weight excluding hydrogens is 318 g/mol. The van der Waals surface area contributed by atoms with Crippen molar-refractivity contribution in [3.63, 3.8) is 0 Å². The number of rotatable bonds is 7. The van der Waals surface area contributed by atoms with E-state index < -0.39 is 5.92 Å². The summed E-state index contributed by atoms with van der Waals surface area (Å²) in [6, 6.07) is 9.91. The topological polar surface area (TPSA) is 73.2 Å². The highest BCUT2D eigenvalue weighted by atomic mass is 16.5. The Kier molecular flexibility index (Phi) is 6.33. The lowest BCUT2D eigenvalue weighted by atomic mass is 9.98. The van der Waals surface area contributed by atoms with E-state index in [1.165, 1.54) is 7.11 Å². The number of nitrogens with one attached hydrogen (secondary N) is 1. The van der Waals surface area contributed by atoms with Crippen LogP contribution in [-0.4, -0.2) is 35.3 Å². The van der Waals surface area contributed by atoms with Gasteiger partial charge in [-0.05, 0) is 38.8 Å². The van der Waals surface area contributed by atoms with E-state index in [9.17, 15) is 9.59 Å². The summed E-state index contributed by atoms with van der Waals surface area (Å²) in [5, 5.41) is 7.08. The van der Waals surface area contributed by atoms with Crippen LogP contribution in [-0.2, 0) is 27.3 Å². The highest BCUT2D eigenvalue weighted by Gasteiger charge is 2.21. The Morgan fingerprint density at radius 2 is 1.88 bits per heavy atom. The summed E-state index contributed by atoms with van der Waals surface area (Å²) < 4.78 is 6.52. The van der Waals surface area contributed by atoms with Crippen LogP contribution in [0.4, 0.5) is 0 Å². The zero-order valence-electron chi connectivity index (χ0n) is 15.2. The van der Waals surface area contributed by atoms with E-state index in [-0.39, 0.29) is 25.0 Å². The lowest BCUT2D eigenvalue weighted by Gasteiger charge is -2.16. The summed E-state index contributed by atoms with van der Waals surface area (Å²) >= 11 is 0. The first kappa shape index (κ1) is 18.7. The molecule has 0 bridgehead atoms. The molecule has 1 unspecified atom stereocenters. The minimum Gasteiger partial charge on any atom is -0.469 e. The summed E-state index contributed by atoms with van der Waals surface area (Å²) in [5.41, 5.74) is 4.00. The van der Waals surface area contributed by atoms with Crippen LogP contribution < -0.4 is 5.32 Å². The summed E-state index contributed by atoms with van der Waals surface area (Å²) in [4.78, 5) is 24.2. The van der Waals surface area contributed by atoms with Gasteiger partial charge in [0.2, 0.25) is 5.91 Å². The van der Waals surface area contributed by atoms with Gasteiger partial charge < -0.3 is 10.1 Å². The Morgan fingerprint density at radius 1 is 1.20 bits per heavy atom. The Balaban J connectivity index is 1.95. The molecule has 1 N–H and O–H groups in total. The van der Waals surface area contributed by atoms with Gasteiger partial charge in [0.1, 0.15) is 6.54 Å². The summed E-state index contributed by atoms with van der Waals surface area (Å²) in [5.74, 6) is -0.923. The molecule has 25 heavy (non-hydrogen) atoms. The second-order valence-corrected chi connectivity index (χ2v) is 6.30. The Hall–Kier alpha value is -2.63. The first-order valence-electron chi connectivity index (χ1n) is 8.30. The molecule has 2 rings (SSSR count). The monoisotopic (exact) mass is 343 g/mol. The smallest absolute Gasteiger partial charge is 0.310 e. The first-order chi connectivity index (χ1) is 11.9. The molecule has 1 heterocycles. The van der Waals surface area contributed by atoms with Gasteiger partial charge in [0.15, 0.2) is 0 Å². The van der Waals surface area contributed by atoms with E-state index in [1.807, 2.05) is 51.1 Å². The lowest BCUT2D eigenvalue weighted by molar-refractivity contribution is -0.145. The number of esters is 1. The first-order valence-corrected chi connectivity index (χ1v) is 8.30. The highest BCUT2D eigenvalue weighted by Crippen LogP contribution is 2.11. The maximum absolute atomic E-state index is 12.2. The van der Waals surface area contributed by atoms with Crippen molar-refractivity contribution in [2.75, 3.05) is 13.7 Å². The molecule has 0 fully saturated rings. The van der Waals surface area contributed by atoms with Crippen LogP contribution in [0.3, 0.4) is 0 Å². The molecule has 1 aromatic heterocycles. The SMILES string of the molecule is COC(=O)C(CNC(=O)Cn1nc(C)cc1C)Cc1ccc(C)cc1. The third-order valence-electron chi connectivity index (χ3n) is 4.08. The van der Waals surface area contributed by atoms with Gasteiger partial charge in [0.05, 0.1) is 18.7 Å². The molecule has 0 saturated heterocycles. The van der Waals surface area contributed by atoms with Crippen molar-refractivity contribution in [3.05, 3.63) is 52.8 Å². The van der Waals surface area contributed by atoms with Gasteiger partial charge in [-0.15, -0.1) is 0 Å². The molecule has 0 aliphatic heterocycles. The van der Waals surface area contributed by atoms with Gasteiger partial charge in [0.25, 0.3) is 0 Å².